The first-order chi connectivity index (χ1) is 20.3. The number of carbonyl (C=O) groups excluding carboxylic acids is 1. The highest BCUT2D eigenvalue weighted by Crippen LogP contribution is 2.39. The highest BCUT2D eigenvalue weighted by molar-refractivity contribution is 6.74. The monoisotopic (exact) mass is 606 g/mol. The third kappa shape index (κ3) is 10.3. The Bertz CT molecular complexity index is 1270. The standard InChI is InChI=1S/C36H50O6Si/c1-26(23-40-24-29-17-19-31(39-6)20-18-29)35(42-43(7,8)36(3,4)5)27(2)33(37)22-34(38)30-15-12-16-32(21-30)41-25-28-13-10-9-11-14-28/h9-21,26-27,34-35,38H,22-25H2,1-8H3/t26-,27-,34+,35-/m0/s1. The van der Waals surface area contributed by atoms with E-state index >= 15 is 0 Å². The van der Waals surface area contributed by atoms with Gasteiger partial charge in [-0.15, -0.1) is 0 Å². The third-order valence-corrected chi connectivity index (χ3v) is 13.0. The van der Waals surface area contributed by atoms with Gasteiger partial charge in [0.05, 0.1) is 32.5 Å². The smallest absolute Gasteiger partial charge is 0.192 e. The first-order valence-electron chi connectivity index (χ1n) is 15.2. The summed E-state index contributed by atoms with van der Waals surface area (Å²) < 4.78 is 24.2. The minimum Gasteiger partial charge on any atom is -0.497 e. The molecule has 0 spiro atoms. The predicted molar refractivity (Wildman–Crippen MR) is 175 cm³/mol. The fraction of sp³-hybridized carbons (Fsp3) is 0.472. The van der Waals surface area contributed by atoms with Crippen LogP contribution in [0.1, 0.15) is 63.8 Å². The van der Waals surface area contributed by atoms with E-state index in [1.807, 2.05) is 85.8 Å². The van der Waals surface area contributed by atoms with Crippen LogP contribution in [0, 0.1) is 11.8 Å². The molecule has 3 rings (SSSR count). The molecule has 0 amide bonds. The van der Waals surface area contributed by atoms with Gasteiger partial charge in [0.2, 0.25) is 0 Å². The average molecular weight is 607 g/mol. The van der Waals surface area contributed by atoms with E-state index in [0.717, 1.165) is 16.9 Å². The molecule has 6 nitrogen and oxygen atoms in total. The van der Waals surface area contributed by atoms with E-state index in [-0.39, 0.29) is 29.3 Å². The Kier molecular flexibility index (Phi) is 12.6. The van der Waals surface area contributed by atoms with Gasteiger partial charge in [0.1, 0.15) is 23.9 Å². The van der Waals surface area contributed by atoms with Gasteiger partial charge in [-0.25, -0.2) is 0 Å². The van der Waals surface area contributed by atoms with Crippen LogP contribution in [0.5, 0.6) is 11.5 Å². The maximum absolute atomic E-state index is 13.7. The summed E-state index contributed by atoms with van der Waals surface area (Å²) >= 11 is 0. The topological polar surface area (TPSA) is 74.2 Å². The van der Waals surface area contributed by atoms with Crippen molar-refractivity contribution in [3.63, 3.8) is 0 Å². The second-order valence-electron chi connectivity index (χ2n) is 13.0. The number of Topliss-reactive ketones (excluding diaryl/α,β-unsaturated/α-hetero) is 1. The maximum atomic E-state index is 13.7. The lowest BCUT2D eigenvalue weighted by atomic mass is 9.87. The van der Waals surface area contributed by atoms with Crippen LogP contribution in [-0.2, 0) is 27.2 Å². The van der Waals surface area contributed by atoms with Crippen molar-refractivity contribution in [3.8, 4) is 11.5 Å². The van der Waals surface area contributed by atoms with Gasteiger partial charge in [-0.1, -0.05) is 89.2 Å². The summed E-state index contributed by atoms with van der Waals surface area (Å²) in [5.74, 6) is 0.983. The van der Waals surface area contributed by atoms with Gasteiger partial charge < -0.3 is 23.7 Å². The zero-order chi connectivity index (χ0) is 31.6. The molecule has 0 aliphatic heterocycles. The van der Waals surface area contributed by atoms with Crippen LogP contribution in [0.15, 0.2) is 78.9 Å². The third-order valence-electron chi connectivity index (χ3n) is 8.49. The summed E-state index contributed by atoms with van der Waals surface area (Å²) in [5, 5.41) is 11.1. The Labute approximate surface area is 259 Å². The van der Waals surface area contributed by atoms with E-state index < -0.39 is 20.3 Å². The number of ether oxygens (including phenoxy) is 3. The molecule has 0 aliphatic carbocycles. The fourth-order valence-corrected chi connectivity index (χ4v) is 6.11. The summed E-state index contributed by atoms with van der Waals surface area (Å²) in [6.07, 6.45) is -1.28. The summed E-state index contributed by atoms with van der Waals surface area (Å²) in [4.78, 5) is 13.7. The van der Waals surface area contributed by atoms with Gasteiger partial charge in [0, 0.05) is 18.3 Å². The van der Waals surface area contributed by atoms with Gasteiger partial charge in [-0.2, -0.15) is 0 Å². The minimum absolute atomic E-state index is 0.0000919. The number of aliphatic hydroxyl groups is 1. The number of hydrogen-bond donors (Lipinski definition) is 1. The van der Waals surface area contributed by atoms with Crippen LogP contribution < -0.4 is 9.47 Å². The zero-order valence-electron chi connectivity index (χ0n) is 27.1. The molecule has 7 heteroatoms. The van der Waals surface area contributed by atoms with E-state index in [1.165, 1.54) is 0 Å². The molecule has 0 heterocycles. The molecule has 0 radical (unpaired) electrons. The zero-order valence-corrected chi connectivity index (χ0v) is 28.1. The van der Waals surface area contributed by atoms with Gasteiger partial charge in [0.15, 0.2) is 8.32 Å². The molecule has 1 N–H and O–H groups in total. The number of carbonyl (C=O) groups is 1. The molecule has 0 saturated carbocycles. The van der Waals surface area contributed by atoms with Gasteiger partial charge in [-0.3, -0.25) is 4.79 Å². The second kappa shape index (κ2) is 15.7. The van der Waals surface area contributed by atoms with Crippen LogP contribution in [-0.4, -0.2) is 39.0 Å². The van der Waals surface area contributed by atoms with Crippen LogP contribution >= 0.6 is 0 Å². The van der Waals surface area contributed by atoms with E-state index in [9.17, 15) is 9.90 Å². The van der Waals surface area contributed by atoms with Crippen molar-refractivity contribution in [2.24, 2.45) is 11.8 Å². The average Bonchev–Trinajstić information content (AvgIpc) is 2.98. The first kappa shape index (κ1) is 34.5. The minimum atomic E-state index is -2.20. The van der Waals surface area contributed by atoms with Crippen molar-refractivity contribution in [3.05, 3.63) is 95.6 Å². The number of benzene rings is 3. The van der Waals surface area contributed by atoms with E-state index in [0.29, 0.717) is 31.1 Å². The largest absolute Gasteiger partial charge is 0.497 e. The lowest BCUT2D eigenvalue weighted by Gasteiger charge is -2.42. The molecule has 43 heavy (non-hydrogen) atoms. The molecule has 0 fully saturated rings. The highest BCUT2D eigenvalue weighted by atomic mass is 28.4. The molecule has 3 aromatic rings. The fourth-order valence-electron chi connectivity index (χ4n) is 4.64. The van der Waals surface area contributed by atoms with E-state index in [1.54, 1.807) is 7.11 Å². The van der Waals surface area contributed by atoms with Crippen molar-refractivity contribution in [1.82, 2.24) is 0 Å². The lowest BCUT2D eigenvalue weighted by molar-refractivity contribution is -0.129. The quantitative estimate of drug-likeness (QED) is 0.166. The molecule has 0 bridgehead atoms. The molecule has 4 atom stereocenters. The summed E-state index contributed by atoms with van der Waals surface area (Å²) in [6.45, 7) is 16.4. The SMILES string of the molecule is COc1ccc(COC[C@H](C)[C@H](O[Si](C)(C)C(C)(C)C)[C@@H](C)C(=O)C[C@@H](O)c2cccc(OCc3ccccc3)c2)cc1. The number of methoxy groups -OCH3 is 1. The van der Waals surface area contributed by atoms with Crippen LogP contribution in [0.3, 0.4) is 0 Å². The Balaban J connectivity index is 1.67. The highest BCUT2D eigenvalue weighted by Gasteiger charge is 2.42. The van der Waals surface area contributed by atoms with Crippen molar-refractivity contribution >= 4 is 14.1 Å². The van der Waals surface area contributed by atoms with Crippen molar-refractivity contribution in [2.45, 2.75) is 84.6 Å². The molecule has 234 valence electrons. The number of ketones is 1. The predicted octanol–water partition coefficient (Wildman–Crippen LogP) is 8.15. The Hall–Kier alpha value is -2.97. The Morgan fingerprint density at radius 2 is 1.51 bits per heavy atom. The molecule has 0 aromatic heterocycles. The lowest BCUT2D eigenvalue weighted by Crippen LogP contribution is -2.49. The maximum Gasteiger partial charge on any atom is 0.192 e. The number of rotatable bonds is 16. The van der Waals surface area contributed by atoms with Gasteiger partial charge in [-0.05, 0) is 59.1 Å². The Morgan fingerprint density at radius 1 is 0.860 bits per heavy atom. The van der Waals surface area contributed by atoms with Crippen molar-refractivity contribution in [2.75, 3.05) is 13.7 Å². The summed E-state index contributed by atoms with van der Waals surface area (Å²) in [5.41, 5.74) is 2.77. The summed E-state index contributed by atoms with van der Waals surface area (Å²) in [6, 6.07) is 25.1. The second-order valence-corrected chi connectivity index (χ2v) is 17.8. The number of hydrogen-bond acceptors (Lipinski definition) is 6. The van der Waals surface area contributed by atoms with E-state index in [2.05, 4.69) is 40.8 Å². The molecule has 3 aromatic carbocycles. The van der Waals surface area contributed by atoms with Crippen LogP contribution in [0.2, 0.25) is 18.1 Å². The molecule has 0 unspecified atom stereocenters. The molecular formula is C36H50O6Si. The van der Waals surface area contributed by atoms with Crippen molar-refractivity contribution in [1.29, 1.82) is 0 Å². The van der Waals surface area contributed by atoms with E-state index in [4.69, 9.17) is 18.6 Å². The first-order valence-corrected chi connectivity index (χ1v) is 18.1. The molecule has 0 aliphatic rings. The Morgan fingerprint density at radius 3 is 2.14 bits per heavy atom. The summed E-state index contributed by atoms with van der Waals surface area (Å²) in [7, 11) is -0.554. The van der Waals surface area contributed by atoms with Gasteiger partial charge in [0.25, 0.3) is 0 Å². The normalized spacial score (nSPS) is 14.9. The number of aliphatic hydroxyl groups excluding tert-OH is 1. The van der Waals surface area contributed by atoms with Crippen LogP contribution in [0.4, 0.5) is 0 Å². The van der Waals surface area contributed by atoms with Crippen LogP contribution in [0.25, 0.3) is 0 Å². The molecular weight excluding hydrogens is 556 g/mol. The molecule has 0 saturated heterocycles. The van der Waals surface area contributed by atoms with Gasteiger partial charge >= 0.3 is 0 Å². The van der Waals surface area contributed by atoms with Crippen molar-refractivity contribution < 1.29 is 28.5 Å².